The minimum Gasteiger partial charge on any atom is -0.454 e. The lowest BCUT2D eigenvalue weighted by Gasteiger charge is -2.34. The second kappa shape index (κ2) is 8.07. The Morgan fingerprint density at radius 2 is 1.95 bits per heavy atom. The summed E-state index contributed by atoms with van der Waals surface area (Å²) >= 11 is 7.39. The Morgan fingerprint density at radius 1 is 1.18 bits per heavy atom. The zero-order valence-electron chi connectivity index (χ0n) is 19.9. The van der Waals surface area contributed by atoms with E-state index >= 15 is 0 Å². The van der Waals surface area contributed by atoms with Gasteiger partial charge in [0.05, 0.1) is 9.95 Å². The number of aliphatic hydroxyl groups is 1. The van der Waals surface area contributed by atoms with Gasteiger partial charge in [-0.05, 0) is 35.7 Å². The number of ether oxygens (including phenoxy) is 1. The van der Waals surface area contributed by atoms with Crippen molar-refractivity contribution in [2.24, 2.45) is 0 Å². The molecule has 0 bridgehead atoms. The van der Waals surface area contributed by atoms with Crippen LogP contribution in [0.1, 0.15) is 56.5 Å². The minimum atomic E-state index is -2.48. The summed E-state index contributed by atoms with van der Waals surface area (Å²) in [7, 11) is 0. The van der Waals surface area contributed by atoms with E-state index in [1.165, 1.54) is 30.3 Å². The molecular weight excluding hydrogens is 535 g/mol. The first-order valence-electron chi connectivity index (χ1n) is 11.6. The van der Waals surface area contributed by atoms with Crippen molar-refractivity contribution < 1.29 is 28.7 Å². The van der Waals surface area contributed by atoms with Gasteiger partial charge < -0.3 is 15.2 Å². The lowest BCUT2D eigenvalue weighted by atomic mass is 9.82. The third-order valence-electron chi connectivity index (χ3n) is 7.11. The molecule has 2 atom stereocenters. The van der Waals surface area contributed by atoms with E-state index in [2.05, 4.69) is 5.32 Å². The van der Waals surface area contributed by atoms with Crippen LogP contribution in [0.4, 0.5) is 10.1 Å². The lowest BCUT2D eigenvalue weighted by molar-refractivity contribution is -0.385. The number of nitro groups is 1. The maximum absolute atomic E-state index is 14.1. The van der Waals surface area contributed by atoms with Crippen molar-refractivity contribution in [3.63, 3.8) is 0 Å². The number of carbonyl (C=O) groups excluding carboxylic acids is 2. The van der Waals surface area contributed by atoms with Crippen molar-refractivity contribution in [2.75, 3.05) is 0 Å². The molecule has 11 heteroatoms. The summed E-state index contributed by atoms with van der Waals surface area (Å²) in [6.45, 7) is 3.92. The van der Waals surface area contributed by atoms with Crippen molar-refractivity contribution in [1.82, 2.24) is 5.32 Å². The Balaban J connectivity index is 1.57. The molecule has 2 unspecified atom stereocenters. The second-order valence-electron chi connectivity index (χ2n) is 9.53. The van der Waals surface area contributed by atoms with Gasteiger partial charge in [0, 0.05) is 27.3 Å². The quantitative estimate of drug-likeness (QED) is 0.244. The first kappa shape index (κ1) is 24.5. The molecular formula is C27H18ClFN2O6S. The molecule has 0 radical (unpaired) electrons. The summed E-state index contributed by atoms with van der Waals surface area (Å²) < 4.78 is 20.2. The van der Waals surface area contributed by atoms with Crippen LogP contribution in [0.25, 0.3) is 10.1 Å². The minimum absolute atomic E-state index is 0.0190. The number of hydrogen-bond donors (Lipinski definition) is 2. The SMILES string of the molecule is CC(C)c1ccc2c(c1)OC1(O)c3cccc([N+](=O)[O-])c3C(=O)C21NC(=O)c1sc2cc(F)ccc2c1Cl. The zero-order valence-corrected chi connectivity index (χ0v) is 21.4. The average molecular weight is 553 g/mol. The van der Waals surface area contributed by atoms with Gasteiger partial charge >= 0.3 is 0 Å². The van der Waals surface area contributed by atoms with Gasteiger partial charge in [-0.2, -0.15) is 0 Å². The highest BCUT2D eigenvalue weighted by Crippen LogP contribution is 2.60. The van der Waals surface area contributed by atoms with Gasteiger partial charge in [-0.1, -0.05) is 49.7 Å². The van der Waals surface area contributed by atoms with E-state index in [1.807, 2.05) is 13.8 Å². The highest BCUT2D eigenvalue weighted by Gasteiger charge is 2.73. The molecule has 4 aromatic rings. The first-order valence-corrected chi connectivity index (χ1v) is 12.8. The summed E-state index contributed by atoms with van der Waals surface area (Å²) in [6.07, 6.45) is 0. The summed E-state index contributed by atoms with van der Waals surface area (Å²) in [5.74, 6) is -4.46. The molecule has 1 aliphatic heterocycles. The van der Waals surface area contributed by atoms with Crippen LogP contribution in [-0.2, 0) is 11.3 Å². The van der Waals surface area contributed by atoms with Crippen LogP contribution in [0, 0.1) is 15.9 Å². The number of nitrogens with zero attached hydrogens (tertiary/aromatic N) is 1. The molecule has 2 heterocycles. The van der Waals surface area contributed by atoms with Crippen LogP contribution in [0.3, 0.4) is 0 Å². The number of carbonyl (C=O) groups is 2. The number of nitrogens with one attached hydrogen (secondary N) is 1. The number of benzene rings is 3. The fourth-order valence-electron chi connectivity index (χ4n) is 5.27. The number of halogens is 2. The number of rotatable bonds is 4. The molecule has 8 nitrogen and oxygen atoms in total. The fourth-order valence-corrected chi connectivity index (χ4v) is 6.70. The number of nitro benzene ring substituents is 1. The largest absolute Gasteiger partial charge is 0.454 e. The van der Waals surface area contributed by atoms with Gasteiger partial charge in [-0.3, -0.25) is 19.7 Å². The van der Waals surface area contributed by atoms with E-state index in [9.17, 15) is 29.2 Å². The highest BCUT2D eigenvalue weighted by molar-refractivity contribution is 7.21. The molecule has 6 rings (SSSR count). The molecule has 2 aliphatic rings. The van der Waals surface area contributed by atoms with Gasteiger partial charge in [0.1, 0.15) is 22.0 Å². The maximum atomic E-state index is 14.1. The van der Waals surface area contributed by atoms with E-state index in [0.717, 1.165) is 23.0 Å². The molecule has 192 valence electrons. The molecule has 2 N–H and O–H groups in total. The van der Waals surface area contributed by atoms with Gasteiger partial charge in [0.2, 0.25) is 11.3 Å². The normalized spacial score (nSPS) is 21.3. The van der Waals surface area contributed by atoms with Crippen LogP contribution in [0.2, 0.25) is 5.02 Å². The van der Waals surface area contributed by atoms with Crippen molar-refractivity contribution in [2.45, 2.75) is 31.1 Å². The molecule has 38 heavy (non-hydrogen) atoms. The topological polar surface area (TPSA) is 119 Å². The molecule has 1 aliphatic carbocycles. The molecule has 0 spiro atoms. The Kier molecular flexibility index (Phi) is 5.20. The molecule has 3 aromatic carbocycles. The van der Waals surface area contributed by atoms with Crippen molar-refractivity contribution >= 4 is 50.4 Å². The summed E-state index contributed by atoms with van der Waals surface area (Å²) in [6, 6.07) is 12.7. The van der Waals surface area contributed by atoms with Crippen LogP contribution in [0.5, 0.6) is 5.75 Å². The van der Waals surface area contributed by atoms with Gasteiger partial charge in [0.25, 0.3) is 17.4 Å². The number of ketones is 1. The zero-order chi connectivity index (χ0) is 27.1. The van der Waals surface area contributed by atoms with Crippen LogP contribution in [-0.4, -0.2) is 21.7 Å². The predicted molar refractivity (Wildman–Crippen MR) is 138 cm³/mol. The molecule has 0 fully saturated rings. The first-order chi connectivity index (χ1) is 18.0. The van der Waals surface area contributed by atoms with Gasteiger partial charge in [-0.15, -0.1) is 11.3 Å². The van der Waals surface area contributed by atoms with Crippen molar-refractivity contribution in [3.05, 3.63) is 103 Å². The van der Waals surface area contributed by atoms with E-state index in [1.54, 1.807) is 18.2 Å². The standard InChI is InChI=1S/C27H18ClFN2O6S/c1-12(2)13-6-9-16-19(10-13)37-27(34)17-4-3-5-18(31(35)36)21(17)24(32)26(16,27)30-25(33)23-22(28)15-8-7-14(29)11-20(15)38-23/h3-12,34H,1-2H3,(H,30,33). The number of fused-ring (bicyclic) bond motifs is 6. The number of thiophene rings is 1. The summed E-state index contributed by atoms with van der Waals surface area (Å²) in [4.78, 5) is 38.9. The monoisotopic (exact) mass is 552 g/mol. The number of Topliss-reactive ketones (excluding diaryl/α,β-unsaturated/α-hetero) is 1. The second-order valence-corrected chi connectivity index (χ2v) is 11.0. The van der Waals surface area contributed by atoms with Gasteiger partial charge in [-0.25, -0.2) is 4.39 Å². The number of amides is 1. The Hall–Kier alpha value is -3.86. The third-order valence-corrected chi connectivity index (χ3v) is 8.77. The van der Waals surface area contributed by atoms with Crippen LogP contribution >= 0.6 is 22.9 Å². The van der Waals surface area contributed by atoms with Crippen molar-refractivity contribution in [1.29, 1.82) is 0 Å². The summed E-state index contributed by atoms with van der Waals surface area (Å²) in [5, 5.41) is 27.0. The van der Waals surface area contributed by atoms with E-state index in [-0.39, 0.29) is 38.3 Å². The van der Waals surface area contributed by atoms with E-state index < -0.39 is 39.4 Å². The molecule has 1 aromatic heterocycles. The lowest BCUT2D eigenvalue weighted by Crippen LogP contribution is -2.60. The highest BCUT2D eigenvalue weighted by atomic mass is 35.5. The predicted octanol–water partition coefficient (Wildman–Crippen LogP) is 5.78. The average Bonchev–Trinajstić information content (AvgIpc) is 3.40. The van der Waals surface area contributed by atoms with E-state index in [0.29, 0.717) is 10.1 Å². The maximum Gasteiger partial charge on any atom is 0.280 e. The van der Waals surface area contributed by atoms with E-state index in [4.69, 9.17) is 16.3 Å². The van der Waals surface area contributed by atoms with Crippen molar-refractivity contribution in [3.8, 4) is 5.75 Å². The van der Waals surface area contributed by atoms with Crippen LogP contribution < -0.4 is 10.1 Å². The van der Waals surface area contributed by atoms with Crippen LogP contribution in [0.15, 0.2) is 54.6 Å². The molecule has 1 amide bonds. The summed E-state index contributed by atoms with van der Waals surface area (Å²) in [5.41, 5.74) is -2.25. The molecule has 0 saturated carbocycles. The fraction of sp³-hybridized carbons (Fsp3) is 0.185. The number of hydrogen-bond acceptors (Lipinski definition) is 7. The third kappa shape index (κ3) is 3.05. The van der Waals surface area contributed by atoms with Gasteiger partial charge in [0.15, 0.2) is 0 Å². The Morgan fingerprint density at radius 3 is 2.66 bits per heavy atom. The smallest absolute Gasteiger partial charge is 0.280 e. The Labute approximate surface area is 223 Å². The molecule has 0 saturated heterocycles. The Bertz CT molecular complexity index is 1740.